The summed E-state index contributed by atoms with van der Waals surface area (Å²) in [4.78, 5) is -0.790. The summed E-state index contributed by atoms with van der Waals surface area (Å²) in [6.07, 6.45) is -0.670. The van der Waals surface area contributed by atoms with E-state index < -0.39 is 31.9 Å². The summed E-state index contributed by atoms with van der Waals surface area (Å²) in [6, 6.07) is 3.13. The maximum absolute atomic E-state index is 12.5. The number of hydrogen-bond acceptors (Lipinski definition) is 4. The Labute approximate surface area is 113 Å². The van der Waals surface area contributed by atoms with Crippen molar-refractivity contribution in [2.75, 3.05) is 0 Å². The lowest BCUT2D eigenvalue weighted by Crippen LogP contribution is -2.37. The molecule has 2 unspecified atom stereocenters. The molecule has 1 aromatic rings. The van der Waals surface area contributed by atoms with Crippen molar-refractivity contribution >= 4 is 9.84 Å². The van der Waals surface area contributed by atoms with Crippen LogP contribution in [0.5, 0.6) is 5.75 Å². The van der Waals surface area contributed by atoms with Gasteiger partial charge in [-0.25, -0.2) is 8.42 Å². The first kappa shape index (κ1) is 13.7. The van der Waals surface area contributed by atoms with Crippen LogP contribution in [0.1, 0.15) is 25.5 Å². The van der Waals surface area contributed by atoms with E-state index in [1.165, 1.54) is 6.07 Å². The van der Waals surface area contributed by atoms with E-state index >= 15 is 0 Å². The SMILES string of the molecule is CC1(C)Oc2ccc(S(=O)(=O)C(F)(F)F)cc2C2OC21. The molecule has 0 N–H and O–H groups in total. The molecule has 0 saturated carbocycles. The minimum Gasteiger partial charge on any atom is -0.485 e. The monoisotopic (exact) mass is 308 g/mol. The number of ether oxygens (including phenoxy) is 2. The summed E-state index contributed by atoms with van der Waals surface area (Å²) < 4.78 is 71.4. The van der Waals surface area contributed by atoms with Crippen LogP contribution in [0.15, 0.2) is 23.1 Å². The molecule has 3 rings (SSSR count). The molecule has 2 aliphatic heterocycles. The number of fused-ring (bicyclic) bond motifs is 3. The van der Waals surface area contributed by atoms with E-state index in [1.54, 1.807) is 13.8 Å². The number of hydrogen-bond donors (Lipinski definition) is 0. The molecular formula is C12H11F3O4S. The largest absolute Gasteiger partial charge is 0.501 e. The molecule has 0 spiro atoms. The van der Waals surface area contributed by atoms with Crippen LogP contribution in [0.2, 0.25) is 0 Å². The maximum atomic E-state index is 12.5. The second-order valence-electron chi connectivity index (χ2n) is 5.33. The van der Waals surface area contributed by atoms with Gasteiger partial charge in [0.2, 0.25) is 0 Å². The molecule has 8 heteroatoms. The van der Waals surface area contributed by atoms with E-state index in [-0.39, 0.29) is 6.10 Å². The number of benzene rings is 1. The van der Waals surface area contributed by atoms with Crippen molar-refractivity contribution in [2.45, 2.75) is 42.1 Å². The Hall–Kier alpha value is -1.28. The highest BCUT2D eigenvalue weighted by Gasteiger charge is 2.57. The van der Waals surface area contributed by atoms with E-state index in [0.29, 0.717) is 11.3 Å². The van der Waals surface area contributed by atoms with Crippen LogP contribution < -0.4 is 4.74 Å². The minimum absolute atomic E-state index is 0.265. The normalized spacial score (nSPS) is 27.2. The van der Waals surface area contributed by atoms with Gasteiger partial charge in [0.05, 0.1) is 4.90 Å². The van der Waals surface area contributed by atoms with E-state index in [4.69, 9.17) is 9.47 Å². The van der Waals surface area contributed by atoms with E-state index in [2.05, 4.69) is 0 Å². The van der Waals surface area contributed by atoms with Gasteiger partial charge in [-0.3, -0.25) is 0 Å². The molecule has 1 aromatic carbocycles. The molecular weight excluding hydrogens is 297 g/mol. The van der Waals surface area contributed by atoms with Gasteiger partial charge in [0, 0.05) is 5.56 Å². The number of alkyl halides is 3. The van der Waals surface area contributed by atoms with Crippen LogP contribution in [0.4, 0.5) is 13.2 Å². The molecule has 110 valence electrons. The fourth-order valence-electron chi connectivity index (χ4n) is 2.36. The Morgan fingerprint density at radius 3 is 2.50 bits per heavy atom. The fraction of sp³-hybridized carbons (Fsp3) is 0.500. The minimum atomic E-state index is -5.35. The van der Waals surface area contributed by atoms with Crippen LogP contribution in [-0.2, 0) is 14.6 Å². The highest BCUT2D eigenvalue weighted by Crippen LogP contribution is 2.54. The van der Waals surface area contributed by atoms with E-state index in [1.807, 2.05) is 0 Å². The maximum Gasteiger partial charge on any atom is 0.501 e. The summed E-state index contributed by atoms with van der Waals surface area (Å²) in [5.41, 5.74) is -5.55. The molecule has 1 saturated heterocycles. The number of rotatable bonds is 1. The second-order valence-corrected chi connectivity index (χ2v) is 7.27. The van der Waals surface area contributed by atoms with E-state index in [9.17, 15) is 21.6 Å². The van der Waals surface area contributed by atoms with Gasteiger partial charge in [-0.1, -0.05) is 0 Å². The Balaban J connectivity index is 2.07. The molecule has 2 heterocycles. The lowest BCUT2D eigenvalue weighted by molar-refractivity contribution is -0.0436. The van der Waals surface area contributed by atoms with Crippen molar-refractivity contribution < 1.29 is 31.1 Å². The molecule has 2 atom stereocenters. The van der Waals surface area contributed by atoms with Crippen molar-refractivity contribution in [3.63, 3.8) is 0 Å². The quantitative estimate of drug-likeness (QED) is 0.748. The molecule has 4 nitrogen and oxygen atoms in total. The zero-order valence-corrected chi connectivity index (χ0v) is 11.4. The van der Waals surface area contributed by atoms with Gasteiger partial charge in [0.1, 0.15) is 23.6 Å². The van der Waals surface area contributed by atoms with Gasteiger partial charge < -0.3 is 9.47 Å². The molecule has 0 amide bonds. The van der Waals surface area contributed by atoms with Crippen LogP contribution in [-0.4, -0.2) is 25.6 Å². The molecule has 2 aliphatic rings. The summed E-state index contributed by atoms with van der Waals surface area (Å²) in [6.45, 7) is 3.61. The average Bonchev–Trinajstić information content (AvgIpc) is 3.07. The van der Waals surface area contributed by atoms with Gasteiger partial charge in [-0.2, -0.15) is 13.2 Å². The van der Waals surface area contributed by atoms with E-state index in [0.717, 1.165) is 12.1 Å². The highest BCUT2D eigenvalue weighted by molar-refractivity contribution is 7.92. The summed E-state index contributed by atoms with van der Waals surface area (Å²) >= 11 is 0. The first-order valence-electron chi connectivity index (χ1n) is 5.84. The van der Waals surface area contributed by atoms with Gasteiger partial charge in [0.25, 0.3) is 9.84 Å². The van der Waals surface area contributed by atoms with Crippen LogP contribution >= 0.6 is 0 Å². The van der Waals surface area contributed by atoms with Crippen molar-refractivity contribution in [2.24, 2.45) is 0 Å². The lowest BCUT2D eigenvalue weighted by Gasteiger charge is -2.29. The molecule has 0 aromatic heterocycles. The first-order chi connectivity index (χ1) is 9.04. The van der Waals surface area contributed by atoms with Crippen LogP contribution in [0.3, 0.4) is 0 Å². The summed E-state index contributed by atoms with van der Waals surface area (Å²) in [5.74, 6) is 0.356. The predicted molar refractivity (Wildman–Crippen MR) is 62.0 cm³/mol. The smallest absolute Gasteiger partial charge is 0.485 e. The van der Waals surface area contributed by atoms with Gasteiger partial charge >= 0.3 is 5.51 Å². The Bertz CT molecular complexity index is 678. The Morgan fingerprint density at radius 2 is 1.90 bits per heavy atom. The van der Waals surface area contributed by atoms with Crippen molar-refractivity contribution in [1.82, 2.24) is 0 Å². The van der Waals surface area contributed by atoms with Gasteiger partial charge in [0.15, 0.2) is 0 Å². The predicted octanol–water partition coefficient (Wildman–Crippen LogP) is 2.59. The molecule has 20 heavy (non-hydrogen) atoms. The highest BCUT2D eigenvalue weighted by atomic mass is 32.2. The van der Waals surface area contributed by atoms with Crippen molar-refractivity contribution in [3.8, 4) is 5.75 Å². The topological polar surface area (TPSA) is 55.9 Å². The molecule has 0 bridgehead atoms. The van der Waals surface area contributed by atoms with Gasteiger partial charge in [-0.05, 0) is 32.0 Å². The van der Waals surface area contributed by atoms with Crippen LogP contribution in [0, 0.1) is 0 Å². The average molecular weight is 308 g/mol. The van der Waals surface area contributed by atoms with Crippen LogP contribution in [0.25, 0.3) is 0 Å². The standard InChI is InChI=1S/C12H11F3O4S/c1-11(2)10-9(18-10)7-5-6(3-4-8(7)19-11)20(16,17)12(13,14)15/h3-5,9-10H,1-2H3. The number of epoxide rings is 1. The fourth-order valence-corrected chi connectivity index (χ4v) is 3.16. The second kappa shape index (κ2) is 3.67. The number of halogens is 3. The Kier molecular flexibility index (Phi) is 2.52. The zero-order chi connectivity index (χ0) is 14.9. The summed E-state index contributed by atoms with van der Waals surface area (Å²) in [7, 11) is -5.35. The van der Waals surface area contributed by atoms with Gasteiger partial charge in [-0.15, -0.1) is 0 Å². The lowest BCUT2D eigenvalue weighted by atomic mass is 9.94. The molecule has 0 aliphatic carbocycles. The molecule has 1 fully saturated rings. The number of sulfone groups is 1. The first-order valence-corrected chi connectivity index (χ1v) is 7.32. The third-order valence-electron chi connectivity index (χ3n) is 3.45. The third-order valence-corrected chi connectivity index (χ3v) is 4.94. The van der Waals surface area contributed by atoms with Crippen molar-refractivity contribution in [1.29, 1.82) is 0 Å². The zero-order valence-electron chi connectivity index (χ0n) is 10.6. The Morgan fingerprint density at radius 1 is 1.25 bits per heavy atom. The summed E-state index contributed by atoms with van der Waals surface area (Å²) in [5, 5.41) is 0. The van der Waals surface area contributed by atoms with Crippen molar-refractivity contribution in [3.05, 3.63) is 23.8 Å². The third kappa shape index (κ3) is 1.81. The molecule has 0 radical (unpaired) electrons.